The molecule has 1 aliphatic heterocycles. The van der Waals surface area contributed by atoms with Crippen molar-refractivity contribution in [3.63, 3.8) is 0 Å². The summed E-state index contributed by atoms with van der Waals surface area (Å²) < 4.78 is 0. The summed E-state index contributed by atoms with van der Waals surface area (Å²) in [5, 5.41) is 1.87. The summed E-state index contributed by atoms with van der Waals surface area (Å²) in [5.41, 5.74) is 7.01. The minimum atomic E-state index is -0.108. The van der Waals surface area contributed by atoms with E-state index >= 15 is 0 Å². The van der Waals surface area contributed by atoms with Crippen molar-refractivity contribution in [1.29, 1.82) is 0 Å². The number of carbonyl (C=O) groups is 2. The second-order valence-electron chi connectivity index (χ2n) is 6.85. The molecule has 3 rings (SSSR count). The predicted molar refractivity (Wildman–Crippen MR) is 108 cm³/mol. The van der Waals surface area contributed by atoms with Crippen LogP contribution in [0.15, 0.2) is 41.8 Å². The Morgan fingerprint density at radius 1 is 1.27 bits per heavy atom. The van der Waals surface area contributed by atoms with Crippen LogP contribution in [-0.2, 0) is 0 Å². The first-order chi connectivity index (χ1) is 11.9. The lowest BCUT2D eigenvalue weighted by Gasteiger charge is -2.25. The Morgan fingerprint density at radius 3 is 2.62 bits per heavy atom. The van der Waals surface area contributed by atoms with Crippen molar-refractivity contribution in [1.82, 2.24) is 4.90 Å². The summed E-state index contributed by atoms with van der Waals surface area (Å²) >= 11 is 1.40. The molecule has 2 heterocycles. The molecule has 2 aromatic rings. The maximum Gasteiger partial charge on any atom is 0.268 e. The average Bonchev–Trinajstić information content (AvgIpc) is 3.30. The first-order valence-electron chi connectivity index (χ1n) is 8.35. The molecule has 26 heavy (non-hydrogen) atoms. The van der Waals surface area contributed by atoms with Crippen molar-refractivity contribution in [3.8, 4) is 0 Å². The van der Waals surface area contributed by atoms with Gasteiger partial charge in [-0.3, -0.25) is 9.59 Å². The second kappa shape index (κ2) is 8.20. The van der Waals surface area contributed by atoms with Gasteiger partial charge in [0, 0.05) is 20.1 Å². The molecule has 0 spiro atoms. The standard InChI is InChI=1S/C19H23N3O2S.ClH/c1-19(12-20)9-10-22(13-19)17(23)14-6-3-4-7-15(14)21(2)18(24)16-8-5-11-25-16;/h3-8,11H,9-10,12-13,20H2,1-2H3;1H. The fourth-order valence-electron chi connectivity index (χ4n) is 3.16. The summed E-state index contributed by atoms with van der Waals surface area (Å²) in [5.74, 6) is -0.151. The van der Waals surface area contributed by atoms with Crippen molar-refractivity contribution in [2.75, 3.05) is 31.6 Å². The molecule has 140 valence electrons. The molecule has 1 aromatic carbocycles. The van der Waals surface area contributed by atoms with Gasteiger partial charge in [0.15, 0.2) is 0 Å². The molecule has 0 radical (unpaired) electrons. The van der Waals surface area contributed by atoms with Crippen molar-refractivity contribution < 1.29 is 9.59 Å². The zero-order valence-electron chi connectivity index (χ0n) is 15.0. The van der Waals surface area contributed by atoms with Gasteiger partial charge in [-0.1, -0.05) is 25.1 Å². The zero-order valence-corrected chi connectivity index (χ0v) is 16.6. The van der Waals surface area contributed by atoms with Crippen LogP contribution in [0.25, 0.3) is 0 Å². The first-order valence-corrected chi connectivity index (χ1v) is 9.23. The molecule has 2 amide bonds. The quantitative estimate of drug-likeness (QED) is 0.866. The highest BCUT2D eigenvalue weighted by molar-refractivity contribution is 7.12. The summed E-state index contributed by atoms with van der Waals surface area (Å²) in [6.07, 6.45) is 0.904. The Labute approximate surface area is 164 Å². The third kappa shape index (κ3) is 3.92. The van der Waals surface area contributed by atoms with Gasteiger partial charge in [-0.2, -0.15) is 0 Å². The fourth-order valence-corrected chi connectivity index (χ4v) is 3.85. The SMILES string of the molecule is CN(C(=O)c1cccs1)c1ccccc1C(=O)N1CCC(C)(CN)C1.Cl. The van der Waals surface area contributed by atoms with E-state index in [1.807, 2.05) is 34.5 Å². The highest BCUT2D eigenvalue weighted by Gasteiger charge is 2.36. The summed E-state index contributed by atoms with van der Waals surface area (Å²) in [4.78, 5) is 29.7. The largest absolute Gasteiger partial charge is 0.338 e. The molecule has 2 N–H and O–H groups in total. The van der Waals surface area contributed by atoms with Crippen LogP contribution in [0, 0.1) is 5.41 Å². The lowest BCUT2D eigenvalue weighted by molar-refractivity contribution is 0.0777. The minimum Gasteiger partial charge on any atom is -0.338 e. The maximum atomic E-state index is 13.0. The van der Waals surface area contributed by atoms with E-state index in [0.717, 1.165) is 6.42 Å². The van der Waals surface area contributed by atoms with Gasteiger partial charge in [-0.05, 0) is 42.0 Å². The van der Waals surface area contributed by atoms with E-state index < -0.39 is 0 Å². The van der Waals surface area contributed by atoms with Gasteiger partial charge in [0.25, 0.3) is 11.8 Å². The molecule has 1 unspecified atom stereocenters. The molecule has 0 aliphatic carbocycles. The van der Waals surface area contributed by atoms with Crippen molar-refractivity contribution in [2.45, 2.75) is 13.3 Å². The number of hydrogen-bond acceptors (Lipinski definition) is 4. The van der Waals surface area contributed by atoms with Crippen LogP contribution < -0.4 is 10.6 Å². The van der Waals surface area contributed by atoms with Gasteiger partial charge >= 0.3 is 0 Å². The Kier molecular flexibility index (Phi) is 6.44. The average molecular weight is 394 g/mol. The maximum absolute atomic E-state index is 13.0. The number of nitrogens with zero attached hydrogens (tertiary/aromatic N) is 2. The van der Waals surface area contributed by atoms with Gasteiger partial charge in [0.1, 0.15) is 0 Å². The molecule has 5 nitrogen and oxygen atoms in total. The lowest BCUT2D eigenvalue weighted by atomic mass is 9.90. The highest BCUT2D eigenvalue weighted by Crippen LogP contribution is 2.31. The third-order valence-electron chi connectivity index (χ3n) is 4.87. The number of hydrogen-bond donors (Lipinski definition) is 1. The Bertz CT molecular complexity index is 781. The number of benzene rings is 1. The number of anilines is 1. The van der Waals surface area contributed by atoms with E-state index in [9.17, 15) is 9.59 Å². The summed E-state index contributed by atoms with van der Waals surface area (Å²) in [6.45, 7) is 4.02. The van der Waals surface area contributed by atoms with Crippen LogP contribution in [0.5, 0.6) is 0 Å². The molecular formula is C19H24ClN3O2S. The van der Waals surface area contributed by atoms with Crippen LogP contribution in [0.4, 0.5) is 5.69 Å². The molecular weight excluding hydrogens is 370 g/mol. The fraction of sp³-hybridized carbons (Fsp3) is 0.368. The van der Waals surface area contributed by atoms with Crippen LogP contribution in [0.3, 0.4) is 0 Å². The number of nitrogens with two attached hydrogens (primary N) is 1. The third-order valence-corrected chi connectivity index (χ3v) is 5.73. The van der Waals surface area contributed by atoms with Crippen molar-refractivity contribution >= 4 is 41.2 Å². The number of carbonyl (C=O) groups excluding carboxylic acids is 2. The zero-order chi connectivity index (χ0) is 18.0. The molecule has 7 heteroatoms. The van der Waals surface area contributed by atoms with Crippen LogP contribution in [0.1, 0.15) is 33.4 Å². The van der Waals surface area contributed by atoms with E-state index in [-0.39, 0.29) is 29.6 Å². The number of amides is 2. The molecule has 1 aliphatic rings. The van der Waals surface area contributed by atoms with Crippen LogP contribution in [0.2, 0.25) is 0 Å². The Morgan fingerprint density at radius 2 is 2.00 bits per heavy atom. The minimum absolute atomic E-state index is 0. The smallest absolute Gasteiger partial charge is 0.268 e. The van der Waals surface area contributed by atoms with E-state index in [4.69, 9.17) is 5.73 Å². The number of para-hydroxylation sites is 1. The van der Waals surface area contributed by atoms with E-state index in [0.29, 0.717) is 35.8 Å². The molecule has 1 fully saturated rings. The number of halogens is 1. The van der Waals surface area contributed by atoms with Gasteiger partial charge in [0.05, 0.1) is 16.1 Å². The van der Waals surface area contributed by atoms with Crippen molar-refractivity contribution in [3.05, 3.63) is 52.2 Å². The number of likely N-dealkylation sites (tertiary alicyclic amines) is 1. The van der Waals surface area contributed by atoms with Gasteiger partial charge in [-0.25, -0.2) is 0 Å². The van der Waals surface area contributed by atoms with Crippen molar-refractivity contribution in [2.24, 2.45) is 11.1 Å². The number of thiophene rings is 1. The first kappa shape index (κ1) is 20.4. The van der Waals surface area contributed by atoms with Gasteiger partial charge < -0.3 is 15.5 Å². The Balaban J connectivity index is 0.00000243. The van der Waals surface area contributed by atoms with Crippen LogP contribution in [-0.4, -0.2) is 43.4 Å². The monoisotopic (exact) mass is 393 g/mol. The molecule has 1 atom stereocenters. The molecule has 1 aromatic heterocycles. The molecule has 0 saturated carbocycles. The van der Waals surface area contributed by atoms with E-state index in [1.165, 1.54) is 11.3 Å². The Hall–Kier alpha value is -1.89. The molecule has 1 saturated heterocycles. The highest BCUT2D eigenvalue weighted by atomic mass is 35.5. The predicted octanol–water partition coefficient (Wildman–Crippen LogP) is 3.26. The van der Waals surface area contributed by atoms with E-state index in [1.54, 1.807) is 24.1 Å². The normalized spacial score (nSPS) is 19.1. The van der Waals surface area contributed by atoms with E-state index in [2.05, 4.69) is 6.92 Å². The lowest BCUT2D eigenvalue weighted by Crippen LogP contribution is -2.35. The van der Waals surface area contributed by atoms with Gasteiger partial charge in [0.2, 0.25) is 0 Å². The van der Waals surface area contributed by atoms with Crippen LogP contribution >= 0.6 is 23.7 Å². The molecule has 0 bridgehead atoms. The topological polar surface area (TPSA) is 66.6 Å². The number of rotatable bonds is 4. The van der Waals surface area contributed by atoms with Gasteiger partial charge in [-0.15, -0.1) is 23.7 Å². The summed E-state index contributed by atoms with van der Waals surface area (Å²) in [7, 11) is 1.71. The second-order valence-corrected chi connectivity index (χ2v) is 7.80. The summed E-state index contributed by atoms with van der Waals surface area (Å²) in [6, 6.07) is 10.9.